The number of rotatable bonds is 4. The summed E-state index contributed by atoms with van der Waals surface area (Å²) in [5.74, 6) is -1.83. The zero-order chi connectivity index (χ0) is 19.4. The Morgan fingerprint density at radius 3 is 1.96 bits per heavy atom. The molecule has 0 aliphatic carbocycles. The average molecular weight is 545 g/mol. The fourth-order valence-electron chi connectivity index (χ4n) is 1.46. The van der Waals surface area contributed by atoms with Crippen LogP contribution >= 0.6 is 44.2 Å². The summed E-state index contributed by atoms with van der Waals surface area (Å²) in [6, 6.07) is 4.42. The third kappa shape index (κ3) is 7.80. The molecule has 0 aliphatic rings. The van der Waals surface area contributed by atoms with Crippen molar-refractivity contribution in [3.63, 3.8) is 0 Å². The Bertz CT molecular complexity index is 715. The van der Waals surface area contributed by atoms with Crippen LogP contribution in [0.25, 0.3) is 0 Å². The molecule has 0 amide bonds. The Balaban J connectivity index is 0.000000421. The number of aromatic nitrogens is 2. The van der Waals surface area contributed by atoms with Gasteiger partial charge in [0, 0.05) is 45.1 Å². The van der Waals surface area contributed by atoms with E-state index in [4.69, 9.17) is 19.7 Å². The lowest BCUT2D eigenvalue weighted by Gasteiger charge is -2.02. The number of halogens is 3. The summed E-state index contributed by atoms with van der Waals surface area (Å²) < 4.78 is 10.1. The highest BCUT2D eigenvalue weighted by Gasteiger charge is 2.12. The summed E-state index contributed by atoms with van der Waals surface area (Å²) in [5, 5.41) is 17.3. The van der Waals surface area contributed by atoms with Gasteiger partial charge >= 0.3 is 11.9 Å². The monoisotopic (exact) mass is 542 g/mol. The van der Waals surface area contributed by atoms with Crippen molar-refractivity contribution in [2.45, 2.75) is 0 Å². The van der Waals surface area contributed by atoms with Crippen molar-refractivity contribution in [3.05, 3.63) is 46.2 Å². The summed E-state index contributed by atoms with van der Waals surface area (Å²) in [6.45, 7) is 0. The van der Waals surface area contributed by atoms with E-state index in [1.165, 1.54) is 38.7 Å². The second-order valence-electron chi connectivity index (χ2n) is 3.88. The Morgan fingerprint density at radius 1 is 1.00 bits per heavy atom. The van der Waals surface area contributed by atoms with Gasteiger partial charge in [-0.25, -0.2) is 19.6 Å². The van der Waals surface area contributed by atoms with E-state index in [1.54, 1.807) is 6.07 Å². The van der Waals surface area contributed by atoms with Crippen LogP contribution in [0.2, 0.25) is 0 Å². The molecule has 0 unspecified atom stereocenters. The van der Waals surface area contributed by atoms with Crippen LogP contribution in [0.3, 0.4) is 0 Å². The van der Waals surface area contributed by atoms with Crippen LogP contribution < -0.4 is 9.47 Å². The van der Waals surface area contributed by atoms with Gasteiger partial charge in [-0.3, -0.25) is 0 Å². The SMILES string of the molecule is BrBr.COc1ncc(Br)cc1C(=O)O.COc1ncccc1C(=O)O. The number of ether oxygens (including phenoxy) is 2. The van der Waals surface area contributed by atoms with Crippen LogP contribution in [0, 0.1) is 0 Å². The minimum Gasteiger partial charge on any atom is -0.480 e. The van der Waals surface area contributed by atoms with Crippen molar-refractivity contribution >= 4 is 56.1 Å². The van der Waals surface area contributed by atoms with Crippen LogP contribution in [0.5, 0.6) is 11.8 Å². The van der Waals surface area contributed by atoms with Gasteiger partial charge in [-0.05, 0) is 34.1 Å². The average Bonchev–Trinajstić information content (AvgIpc) is 2.63. The van der Waals surface area contributed by atoms with Gasteiger partial charge in [0.15, 0.2) is 0 Å². The van der Waals surface area contributed by atoms with Gasteiger partial charge in [-0.1, -0.05) is 0 Å². The van der Waals surface area contributed by atoms with Crippen molar-refractivity contribution in [1.29, 1.82) is 0 Å². The maximum atomic E-state index is 10.6. The van der Waals surface area contributed by atoms with Gasteiger partial charge < -0.3 is 19.7 Å². The normalized spacial score (nSPS) is 8.84. The number of hydrogen-bond acceptors (Lipinski definition) is 6. The number of hydrogen-bond donors (Lipinski definition) is 2. The molecule has 2 N–H and O–H groups in total. The van der Waals surface area contributed by atoms with Gasteiger partial charge in [0.05, 0.1) is 14.2 Å². The quantitative estimate of drug-likeness (QED) is 0.592. The Morgan fingerprint density at radius 2 is 1.52 bits per heavy atom. The second-order valence-corrected chi connectivity index (χ2v) is 4.80. The van der Waals surface area contributed by atoms with Crippen molar-refractivity contribution in [3.8, 4) is 11.8 Å². The van der Waals surface area contributed by atoms with Crippen LogP contribution in [0.1, 0.15) is 20.7 Å². The Kier molecular flexibility index (Phi) is 11.7. The van der Waals surface area contributed by atoms with E-state index >= 15 is 0 Å². The molecule has 25 heavy (non-hydrogen) atoms. The molecule has 11 heteroatoms. The van der Waals surface area contributed by atoms with Crippen molar-refractivity contribution in [1.82, 2.24) is 9.97 Å². The molecule has 0 spiro atoms. The van der Waals surface area contributed by atoms with E-state index in [0.29, 0.717) is 4.47 Å². The summed E-state index contributed by atoms with van der Waals surface area (Å²) in [5.41, 5.74) is 0.127. The lowest BCUT2D eigenvalue weighted by Crippen LogP contribution is -2.01. The third-order valence-corrected chi connectivity index (χ3v) is 2.87. The van der Waals surface area contributed by atoms with E-state index < -0.39 is 11.9 Å². The number of carboxylic acids is 2. The van der Waals surface area contributed by atoms with E-state index in [0.717, 1.165) is 0 Å². The molecule has 2 rings (SSSR count). The first-order chi connectivity index (χ1) is 11.9. The van der Waals surface area contributed by atoms with E-state index in [1.807, 2.05) is 0 Å². The van der Waals surface area contributed by atoms with Crippen molar-refractivity contribution in [2.75, 3.05) is 14.2 Å². The molecule has 2 aromatic heterocycles. The van der Waals surface area contributed by atoms with Gasteiger partial charge in [0.2, 0.25) is 11.8 Å². The molecule has 0 aliphatic heterocycles. The molecular weight excluding hydrogens is 532 g/mol. The predicted molar refractivity (Wildman–Crippen MR) is 101 cm³/mol. The van der Waals surface area contributed by atoms with Crippen LogP contribution in [-0.2, 0) is 0 Å². The molecule has 0 saturated heterocycles. The second kappa shape index (κ2) is 12.6. The summed E-state index contributed by atoms with van der Waals surface area (Å²) in [7, 11) is 2.76. The maximum absolute atomic E-state index is 10.6. The number of pyridine rings is 2. The standard InChI is InChI=1S/C7H6BrNO3.C7H7NO3.Br2/c1-12-6-5(7(10)11)2-4(8)3-9-6;1-11-6-5(7(9)10)3-2-4-8-6;1-2/h2-3H,1H3,(H,10,11);2-4H,1H3,(H,9,10);. The molecule has 136 valence electrons. The number of carboxylic acid groups (broad SMARTS) is 2. The van der Waals surface area contributed by atoms with Gasteiger partial charge in [-0.15, -0.1) is 0 Å². The largest absolute Gasteiger partial charge is 0.480 e. The molecule has 0 radical (unpaired) electrons. The lowest BCUT2D eigenvalue weighted by atomic mass is 10.3. The predicted octanol–water partition coefficient (Wildman–Crippen LogP) is 4.03. The zero-order valence-electron chi connectivity index (χ0n) is 12.9. The fraction of sp³-hybridized carbons (Fsp3) is 0.143. The fourth-order valence-corrected chi connectivity index (χ4v) is 1.79. The zero-order valence-corrected chi connectivity index (χ0v) is 17.7. The first kappa shape index (κ1) is 23.3. The van der Waals surface area contributed by atoms with Gasteiger partial charge in [0.25, 0.3) is 0 Å². The van der Waals surface area contributed by atoms with Crippen molar-refractivity contribution in [2.24, 2.45) is 0 Å². The maximum Gasteiger partial charge on any atom is 0.341 e. The molecular formula is C14H13Br3N2O6. The number of methoxy groups -OCH3 is 2. The highest BCUT2D eigenvalue weighted by Crippen LogP contribution is 2.19. The highest BCUT2D eigenvalue weighted by atomic mass is 80.9. The number of nitrogens with zero attached hydrogens (tertiary/aromatic N) is 2. The molecule has 0 atom stereocenters. The van der Waals surface area contributed by atoms with Crippen LogP contribution in [-0.4, -0.2) is 46.3 Å². The van der Waals surface area contributed by atoms with Crippen LogP contribution in [0.15, 0.2) is 35.1 Å². The minimum absolute atomic E-state index is 0.0480. The molecule has 8 nitrogen and oxygen atoms in total. The van der Waals surface area contributed by atoms with E-state index in [9.17, 15) is 9.59 Å². The first-order valence-electron chi connectivity index (χ1n) is 6.20. The van der Waals surface area contributed by atoms with E-state index in [2.05, 4.69) is 54.2 Å². The molecule has 2 aromatic rings. The Labute approximate surface area is 167 Å². The first-order valence-corrected chi connectivity index (χ1v) is 10.7. The van der Waals surface area contributed by atoms with Crippen molar-refractivity contribution < 1.29 is 29.3 Å². The summed E-state index contributed by atoms with van der Waals surface area (Å²) >= 11 is 8.61. The van der Waals surface area contributed by atoms with Gasteiger partial charge in [0.1, 0.15) is 11.1 Å². The topological polar surface area (TPSA) is 119 Å². The summed E-state index contributed by atoms with van der Waals surface area (Å²) in [4.78, 5) is 28.5. The molecule has 0 saturated carbocycles. The molecule has 0 bridgehead atoms. The Hall–Kier alpha value is -1.72. The molecule has 2 heterocycles. The number of aromatic carboxylic acids is 2. The molecule has 0 fully saturated rings. The van der Waals surface area contributed by atoms with Crippen LogP contribution in [0.4, 0.5) is 0 Å². The summed E-state index contributed by atoms with van der Waals surface area (Å²) in [6.07, 6.45) is 2.95. The number of carbonyl (C=O) groups is 2. The molecule has 0 aromatic carbocycles. The minimum atomic E-state index is -1.05. The van der Waals surface area contributed by atoms with Gasteiger partial charge in [-0.2, -0.15) is 0 Å². The smallest absolute Gasteiger partial charge is 0.341 e. The van der Waals surface area contributed by atoms with E-state index in [-0.39, 0.29) is 22.9 Å². The highest BCUT2D eigenvalue weighted by molar-refractivity contribution is 9.93. The third-order valence-electron chi connectivity index (χ3n) is 2.44. The lowest BCUT2D eigenvalue weighted by molar-refractivity contribution is 0.0681.